The third kappa shape index (κ3) is 2.72. The Morgan fingerprint density at radius 1 is 1.29 bits per heavy atom. The smallest absolute Gasteiger partial charge is 0.340 e. The number of rotatable bonds is 6. The number of allylic oxidation sites excluding steroid dienone is 1. The lowest BCUT2D eigenvalue weighted by atomic mass is 10.1. The van der Waals surface area contributed by atoms with Gasteiger partial charge in [0.05, 0.1) is 31.9 Å². The van der Waals surface area contributed by atoms with Crippen LogP contribution in [0.15, 0.2) is 24.8 Å². The van der Waals surface area contributed by atoms with Crippen molar-refractivity contribution >= 4 is 16.9 Å². The van der Waals surface area contributed by atoms with Gasteiger partial charge in [0.15, 0.2) is 11.5 Å². The Hall–Kier alpha value is -2.43. The second-order valence-electron chi connectivity index (χ2n) is 4.44. The van der Waals surface area contributed by atoms with Gasteiger partial charge in [-0.1, -0.05) is 6.08 Å². The van der Waals surface area contributed by atoms with E-state index in [2.05, 4.69) is 11.6 Å². The third-order valence-corrected chi connectivity index (χ3v) is 3.21. The zero-order chi connectivity index (χ0) is 15.4. The van der Waals surface area contributed by atoms with Crippen molar-refractivity contribution in [3.63, 3.8) is 0 Å². The van der Waals surface area contributed by atoms with Gasteiger partial charge in [0.25, 0.3) is 0 Å². The van der Waals surface area contributed by atoms with Crippen molar-refractivity contribution in [3.8, 4) is 11.5 Å². The predicted octanol–water partition coefficient (Wildman–Crippen LogP) is 3.09. The molecule has 112 valence electrons. The molecule has 0 atom stereocenters. The summed E-state index contributed by atoms with van der Waals surface area (Å²) in [5.74, 6) is 0.819. The lowest BCUT2D eigenvalue weighted by Crippen LogP contribution is -2.06. The lowest BCUT2D eigenvalue weighted by molar-refractivity contribution is 0.0527. The maximum atomic E-state index is 12.2. The molecule has 1 aromatic heterocycles. The number of esters is 1. The molecule has 0 radical (unpaired) electrons. The van der Waals surface area contributed by atoms with Crippen molar-refractivity contribution in [2.24, 2.45) is 0 Å². The van der Waals surface area contributed by atoms with Gasteiger partial charge in [0.2, 0.25) is 0 Å². The quantitative estimate of drug-likeness (QED) is 0.655. The van der Waals surface area contributed by atoms with Crippen LogP contribution in [0.2, 0.25) is 0 Å². The number of nitrogens with one attached hydrogen (secondary N) is 1. The van der Waals surface area contributed by atoms with E-state index in [1.165, 1.54) is 0 Å². The molecule has 1 heterocycles. The molecule has 0 unspecified atom stereocenters. The van der Waals surface area contributed by atoms with Crippen LogP contribution >= 0.6 is 0 Å². The molecule has 0 saturated carbocycles. The Kier molecular flexibility index (Phi) is 4.52. The Labute approximate surface area is 123 Å². The fourth-order valence-electron chi connectivity index (χ4n) is 2.31. The van der Waals surface area contributed by atoms with Crippen LogP contribution in [0, 0.1) is 0 Å². The van der Waals surface area contributed by atoms with Crippen LogP contribution in [0.5, 0.6) is 11.5 Å². The molecule has 1 N–H and O–H groups in total. The average Bonchev–Trinajstić information content (AvgIpc) is 2.83. The number of benzene rings is 1. The zero-order valence-corrected chi connectivity index (χ0v) is 12.5. The summed E-state index contributed by atoms with van der Waals surface area (Å²) in [6.45, 7) is 5.83. The highest BCUT2D eigenvalue weighted by Gasteiger charge is 2.21. The molecule has 0 aliphatic carbocycles. The SMILES string of the molecule is C=CCc1[nH]c2cc(OC)c(OC)cc2c1C(=O)OCC. The minimum Gasteiger partial charge on any atom is -0.493 e. The van der Waals surface area contributed by atoms with Gasteiger partial charge in [0.1, 0.15) is 0 Å². The first-order chi connectivity index (χ1) is 10.2. The Bertz CT molecular complexity index is 672. The van der Waals surface area contributed by atoms with E-state index in [0.717, 1.165) is 16.6 Å². The van der Waals surface area contributed by atoms with E-state index in [1.54, 1.807) is 33.3 Å². The van der Waals surface area contributed by atoms with Gasteiger partial charge in [0, 0.05) is 23.6 Å². The van der Waals surface area contributed by atoms with Crippen molar-refractivity contribution in [3.05, 3.63) is 36.0 Å². The van der Waals surface area contributed by atoms with E-state index in [-0.39, 0.29) is 5.97 Å². The van der Waals surface area contributed by atoms with Gasteiger partial charge < -0.3 is 19.2 Å². The standard InChI is InChI=1S/C16H19NO4/c1-5-7-11-15(16(18)21-6-2)10-8-13(19-3)14(20-4)9-12(10)17-11/h5,8-9,17H,1,6-7H2,2-4H3. The van der Waals surface area contributed by atoms with Crippen LogP contribution in [0.1, 0.15) is 23.0 Å². The summed E-state index contributed by atoms with van der Waals surface area (Å²) >= 11 is 0. The summed E-state index contributed by atoms with van der Waals surface area (Å²) in [4.78, 5) is 15.4. The number of hydrogen-bond acceptors (Lipinski definition) is 4. The van der Waals surface area contributed by atoms with Crippen LogP contribution in [0.25, 0.3) is 10.9 Å². The van der Waals surface area contributed by atoms with Gasteiger partial charge in [-0.3, -0.25) is 0 Å². The first-order valence-electron chi connectivity index (χ1n) is 6.70. The normalized spacial score (nSPS) is 10.4. The van der Waals surface area contributed by atoms with Crippen molar-refractivity contribution in [2.45, 2.75) is 13.3 Å². The van der Waals surface area contributed by atoms with E-state index in [9.17, 15) is 4.79 Å². The van der Waals surface area contributed by atoms with E-state index in [1.807, 2.05) is 6.07 Å². The van der Waals surface area contributed by atoms with Crippen molar-refractivity contribution in [1.82, 2.24) is 4.98 Å². The number of H-pyrrole nitrogens is 1. The average molecular weight is 289 g/mol. The van der Waals surface area contributed by atoms with E-state index in [4.69, 9.17) is 14.2 Å². The molecule has 0 spiro atoms. The summed E-state index contributed by atoms with van der Waals surface area (Å²) in [7, 11) is 3.13. The number of carbonyl (C=O) groups excluding carboxylic acids is 1. The minimum atomic E-state index is -0.354. The number of hydrogen-bond donors (Lipinski definition) is 1. The molecule has 0 saturated heterocycles. The first-order valence-corrected chi connectivity index (χ1v) is 6.70. The highest BCUT2D eigenvalue weighted by Crippen LogP contribution is 2.35. The molecule has 0 bridgehead atoms. The molecule has 2 rings (SSSR count). The van der Waals surface area contributed by atoms with Gasteiger partial charge in [-0.25, -0.2) is 4.79 Å². The lowest BCUT2D eigenvalue weighted by Gasteiger charge is -2.08. The third-order valence-electron chi connectivity index (χ3n) is 3.21. The van der Waals surface area contributed by atoms with Crippen LogP contribution in [0.3, 0.4) is 0 Å². The zero-order valence-electron chi connectivity index (χ0n) is 12.5. The monoisotopic (exact) mass is 289 g/mol. The Balaban J connectivity index is 2.69. The second-order valence-corrected chi connectivity index (χ2v) is 4.44. The molecule has 21 heavy (non-hydrogen) atoms. The number of ether oxygens (including phenoxy) is 3. The second kappa shape index (κ2) is 6.35. The topological polar surface area (TPSA) is 60.5 Å². The number of methoxy groups -OCH3 is 2. The van der Waals surface area contributed by atoms with Crippen LogP contribution in [0.4, 0.5) is 0 Å². The molecular weight excluding hydrogens is 270 g/mol. The summed E-state index contributed by atoms with van der Waals surface area (Å²) in [6, 6.07) is 3.59. The van der Waals surface area contributed by atoms with Crippen LogP contribution in [-0.2, 0) is 11.2 Å². The van der Waals surface area contributed by atoms with E-state index >= 15 is 0 Å². The highest BCUT2D eigenvalue weighted by molar-refractivity contribution is 6.06. The number of fused-ring (bicyclic) bond motifs is 1. The number of aromatic amines is 1. The minimum absolute atomic E-state index is 0.326. The van der Waals surface area contributed by atoms with Gasteiger partial charge in [-0.05, 0) is 13.0 Å². The molecule has 0 fully saturated rings. The molecule has 1 aromatic carbocycles. The fourth-order valence-corrected chi connectivity index (χ4v) is 2.31. The van der Waals surface area contributed by atoms with E-state index < -0.39 is 0 Å². The molecule has 5 nitrogen and oxygen atoms in total. The van der Waals surface area contributed by atoms with Crippen molar-refractivity contribution in [2.75, 3.05) is 20.8 Å². The summed E-state index contributed by atoms with van der Waals surface area (Å²) in [5, 5.41) is 0.753. The first kappa shape index (κ1) is 15.0. The molecule has 0 aliphatic rings. The predicted molar refractivity (Wildman–Crippen MR) is 81.3 cm³/mol. The van der Waals surface area contributed by atoms with Crippen molar-refractivity contribution < 1.29 is 19.0 Å². The molecule has 5 heteroatoms. The molecular formula is C16H19NO4. The maximum absolute atomic E-state index is 12.2. The molecule has 0 amide bonds. The van der Waals surface area contributed by atoms with Crippen molar-refractivity contribution in [1.29, 1.82) is 0 Å². The molecule has 0 aliphatic heterocycles. The summed E-state index contributed by atoms with van der Waals surface area (Å²) in [6.07, 6.45) is 2.29. The van der Waals surface area contributed by atoms with Gasteiger partial charge >= 0.3 is 5.97 Å². The van der Waals surface area contributed by atoms with E-state index in [0.29, 0.717) is 30.1 Å². The fraction of sp³-hybridized carbons (Fsp3) is 0.312. The Morgan fingerprint density at radius 3 is 2.52 bits per heavy atom. The highest BCUT2D eigenvalue weighted by atomic mass is 16.5. The maximum Gasteiger partial charge on any atom is 0.340 e. The van der Waals surface area contributed by atoms with Gasteiger partial charge in [-0.2, -0.15) is 0 Å². The molecule has 2 aromatic rings. The van der Waals surface area contributed by atoms with Crippen LogP contribution in [-0.4, -0.2) is 31.8 Å². The Morgan fingerprint density at radius 2 is 1.95 bits per heavy atom. The summed E-state index contributed by atoms with van der Waals surface area (Å²) in [5.41, 5.74) is 2.09. The van der Waals surface area contributed by atoms with Crippen LogP contribution < -0.4 is 9.47 Å². The summed E-state index contributed by atoms with van der Waals surface area (Å²) < 4.78 is 15.7. The number of carbonyl (C=O) groups is 1. The van der Waals surface area contributed by atoms with Gasteiger partial charge in [-0.15, -0.1) is 6.58 Å². The number of aromatic nitrogens is 1. The largest absolute Gasteiger partial charge is 0.493 e.